The Morgan fingerprint density at radius 2 is 0.811 bits per heavy atom. The topological polar surface area (TPSA) is 18.5 Å². The van der Waals surface area contributed by atoms with Gasteiger partial charge in [-0.15, -0.1) is 0 Å². The SMILES string of the molecule is c1ccc([C@H]2C[C@H](c3ccccc3)Oc3ccc4ccccc4c3-c3c(ccc4ccccc34)O2)cc1. The summed E-state index contributed by atoms with van der Waals surface area (Å²) >= 11 is 0. The number of fused-ring (bicyclic) bond motifs is 7. The van der Waals surface area contributed by atoms with E-state index in [1.54, 1.807) is 0 Å². The Balaban J connectivity index is 1.55. The summed E-state index contributed by atoms with van der Waals surface area (Å²) in [4.78, 5) is 0. The van der Waals surface area contributed by atoms with Crippen LogP contribution in [0.15, 0.2) is 133 Å². The van der Waals surface area contributed by atoms with E-state index in [9.17, 15) is 0 Å². The average Bonchev–Trinajstić information content (AvgIpc) is 3.04. The highest BCUT2D eigenvalue weighted by Crippen LogP contribution is 2.49. The second kappa shape index (κ2) is 9.15. The first kappa shape index (κ1) is 21.7. The molecule has 2 atom stereocenters. The van der Waals surface area contributed by atoms with Crippen molar-refractivity contribution in [2.75, 3.05) is 0 Å². The normalized spacial score (nSPS) is 17.0. The van der Waals surface area contributed by atoms with E-state index in [1.807, 2.05) is 12.1 Å². The van der Waals surface area contributed by atoms with Crippen molar-refractivity contribution in [1.29, 1.82) is 0 Å². The van der Waals surface area contributed by atoms with Crippen LogP contribution < -0.4 is 9.47 Å². The fraction of sp³-hybridized carbons (Fsp3) is 0.0857. The number of benzene rings is 6. The highest BCUT2D eigenvalue weighted by atomic mass is 16.5. The summed E-state index contributed by atoms with van der Waals surface area (Å²) in [6, 6.07) is 46.6. The van der Waals surface area contributed by atoms with Gasteiger partial charge in [-0.25, -0.2) is 0 Å². The molecule has 0 saturated carbocycles. The molecule has 0 N–H and O–H groups in total. The van der Waals surface area contributed by atoms with Gasteiger partial charge in [0, 0.05) is 17.5 Å². The fourth-order valence-electron chi connectivity index (χ4n) is 5.56. The molecule has 0 fully saturated rings. The number of hydrogen-bond acceptors (Lipinski definition) is 2. The minimum atomic E-state index is -0.174. The molecule has 2 heteroatoms. The molecule has 1 heterocycles. The number of rotatable bonds is 2. The van der Waals surface area contributed by atoms with E-state index in [-0.39, 0.29) is 12.2 Å². The van der Waals surface area contributed by atoms with Crippen LogP contribution in [0, 0.1) is 0 Å². The lowest BCUT2D eigenvalue weighted by Gasteiger charge is -2.25. The molecule has 0 radical (unpaired) electrons. The maximum absolute atomic E-state index is 6.99. The summed E-state index contributed by atoms with van der Waals surface area (Å²) in [5.41, 5.74) is 4.45. The summed E-state index contributed by atoms with van der Waals surface area (Å²) < 4.78 is 14.0. The monoisotopic (exact) mass is 478 g/mol. The van der Waals surface area contributed by atoms with Crippen molar-refractivity contribution in [3.05, 3.63) is 145 Å². The molecule has 178 valence electrons. The van der Waals surface area contributed by atoms with Crippen LogP contribution in [0.5, 0.6) is 11.5 Å². The van der Waals surface area contributed by atoms with Crippen LogP contribution in [0.25, 0.3) is 32.7 Å². The first-order chi connectivity index (χ1) is 18.3. The molecular weight excluding hydrogens is 452 g/mol. The molecule has 0 aliphatic carbocycles. The molecule has 0 amide bonds. The van der Waals surface area contributed by atoms with Crippen LogP contribution in [0.2, 0.25) is 0 Å². The number of hydrogen-bond donors (Lipinski definition) is 0. The second-order valence-corrected chi connectivity index (χ2v) is 9.59. The molecular formula is C35H26O2. The zero-order valence-electron chi connectivity index (χ0n) is 20.4. The summed E-state index contributed by atoms with van der Waals surface area (Å²) in [6.07, 6.45) is 0.339. The molecule has 2 nitrogen and oxygen atoms in total. The molecule has 0 unspecified atom stereocenters. The van der Waals surface area contributed by atoms with Crippen LogP contribution >= 0.6 is 0 Å². The third-order valence-electron chi connectivity index (χ3n) is 7.34. The molecule has 37 heavy (non-hydrogen) atoms. The molecule has 0 saturated heterocycles. The lowest BCUT2D eigenvalue weighted by molar-refractivity contribution is 0.114. The summed E-state index contributed by atoms with van der Waals surface area (Å²) in [6.45, 7) is 0. The molecule has 6 aromatic carbocycles. The van der Waals surface area contributed by atoms with Crippen LogP contribution in [0.3, 0.4) is 0 Å². The Morgan fingerprint density at radius 3 is 1.27 bits per heavy atom. The largest absolute Gasteiger partial charge is 0.485 e. The minimum absolute atomic E-state index is 0.174. The molecule has 7 rings (SSSR count). The van der Waals surface area contributed by atoms with Crippen molar-refractivity contribution < 1.29 is 9.47 Å². The maximum Gasteiger partial charge on any atom is 0.128 e. The standard InChI is InChI=1S/C35H26O2/c1-3-13-26(14-4-1)32-23-33(27-15-5-2-6-16-27)37-31-22-20-25-12-8-10-18-29(25)35(31)34-28-17-9-7-11-24(28)19-21-30(34)36-32/h1-22,32-33H,23H2/t32-,33-/m1/s1. The lowest BCUT2D eigenvalue weighted by Crippen LogP contribution is -2.16. The van der Waals surface area contributed by atoms with E-state index < -0.39 is 0 Å². The fourth-order valence-corrected chi connectivity index (χ4v) is 5.56. The van der Waals surface area contributed by atoms with E-state index in [4.69, 9.17) is 9.47 Å². The Kier molecular flexibility index (Phi) is 5.36. The van der Waals surface area contributed by atoms with Crippen molar-refractivity contribution in [3.63, 3.8) is 0 Å². The van der Waals surface area contributed by atoms with Crippen LogP contribution in [0.4, 0.5) is 0 Å². The van der Waals surface area contributed by atoms with E-state index in [0.29, 0.717) is 6.42 Å². The van der Waals surface area contributed by atoms with E-state index in [0.717, 1.165) is 44.5 Å². The molecule has 0 aromatic heterocycles. The van der Waals surface area contributed by atoms with E-state index in [1.165, 1.54) is 10.8 Å². The summed E-state index contributed by atoms with van der Waals surface area (Å²) in [5, 5.41) is 4.68. The third kappa shape index (κ3) is 3.91. The maximum atomic E-state index is 6.99. The van der Waals surface area contributed by atoms with Crippen molar-refractivity contribution in [2.45, 2.75) is 18.6 Å². The third-order valence-corrected chi connectivity index (χ3v) is 7.34. The van der Waals surface area contributed by atoms with Gasteiger partial charge >= 0.3 is 0 Å². The van der Waals surface area contributed by atoms with Crippen molar-refractivity contribution in [2.24, 2.45) is 0 Å². The van der Waals surface area contributed by atoms with Gasteiger partial charge in [-0.3, -0.25) is 0 Å². The van der Waals surface area contributed by atoms with Gasteiger partial charge in [0.05, 0.1) is 0 Å². The number of ether oxygens (including phenoxy) is 2. The molecule has 0 spiro atoms. The van der Waals surface area contributed by atoms with Crippen molar-refractivity contribution >= 4 is 21.5 Å². The summed E-state index contributed by atoms with van der Waals surface area (Å²) in [5.74, 6) is 1.75. The van der Waals surface area contributed by atoms with Crippen molar-refractivity contribution in [3.8, 4) is 22.6 Å². The van der Waals surface area contributed by atoms with Crippen molar-refractivity contribution in [1.82, 2.24) is 0 Å². The lowest BCUT2D eigenvalue weighted by atomic mass is 9.92. The summed E-state index contributed by atoms with van der Waals surface area (Å²) in [7, 11) is 0. The first-order valence-electron chi connectivity index (χ1n) is 12.8. The van der Waals surface area contributed by atoms with Gasteiger partial charge in [0.1, 0.15) is 23.7 Å². The zero-order valence-corrected chi connectivity index (χ0v) is 20.4. The zero-order chi connectivity index (χ0) is 24.6. The quantitative estimate of drug-likeness (QED) is 0.247. The van der Waals surface area contributed by atoms with Gasteiger partial charge in [-0.2, -0.15) is 0 Å². The second-order valence-electron chi connectivity index (χ2n) is 9.59. The smallest absolute Gasteiger partial charge is 0.128 e. The van der Waals surface area contributed by atoms with Gasteiger partial charge in [-0.1, -0.05) is 121 Å². The van der Waals surface area contributed by atoms with Crippen LogP contribution in [0.1, 0.15) is 29.8 Å². The van der Waals surface area contributed by atoms with Crippen LogP contribution in [-0.2, 0) is 0 Å². The Morgan fingerprint density at radius 1 is 0.405 bits per heavy atom. The molecule has 6 aromatic rings. The molecule has 1 aliphatic rings. The van der Waals surface area contributed by atoms with Gasteiger partial charge in [-0.05, 0) is 44.8 Å². The van der Waals surface area contributed by atoms with E-state index >= 15 is 0 Å². The molecule has 1 aliphatic heterocycles. The Hall–Kier alpha value is -4.56. The van der Waals surface area contributed by atoms with Gasteiger partial charge in [0.15, 0.2) is 0 Å². The highest BCUT2D eigenvalue weighted by molar-refractivity contribution is 6.09. The Labute approximate surface area is 216 Å². The minimum Gasteiger partial charge on any atom is -0.485 e. The van der Waals surface area contributed by atoms with Gasteiger partial charge in [0.25, 0.3) is 0 Å². The highest BCUT2D eigenvalue weighted by Gasteiger charge is 2.29. The molecule has 0 bridgehead atoms. The average molecular weight is 479 g/mol. The predicted octanol–water partition coefficient (Wildman–Crippen LogP) is 9.30. The Bertz CT molecular complexity index is 1580. The first-order valence-corrected chi connectivity index (χ1v) is 12.8. The van der Waals surface area contributed by atoms with Gasteiger partial charge < -0.3 is 9.47 Å². The van der Waals surface area contributed by atoms with E-state index in [2.05, 4.69) is 121 Å². The van der Waals surface area contributed by atoms with Crippen LogP contribution in [-0.4, -0.2) is 0 Å². The predicted molar refractivity (Wildman–Crippen MR) is 151 cm³/mol. The van der Waals surface area contributed by atoms with Gasteiger partial charge in [0.2, 0.25) is 0 Å².